The number of pyridine rings is 1. The van der Waals surface area contributed by atoms with Crippen LogP contribution in [-0.2, 0) is 0 Å². The van der Waals surface area contributed by atoms with Crippen molar-refractivity contribution in [2.24, 2.45) is 0 Å². The Kier molecular flexibility index (Phi) is 3.62. The molecule has 0 bridgehead atoms. The van der Waals surface area contributed by atoms with Crippen molar-refractivity contribution in [3.05, 3.63) is 28.9 Å². The maximum atomic E-state index is 10.7. The van der Waals surface area contributed by atoms with E-state index in [0.29, 0.717) is 5.39 Å². The number of hydrogen-bond donors (Lipinski definition) is 2. The van der Waals surface area contributed by atoms with Crippen molar-refractivity contribution in [1.29, 1.82) is 0 Å². The molecule has 1 aromatic heterocycles. The van der Waals surface area contributed by atoms with Crippen LogP contribution in [0.4, 0.5) is 9.59 Å². The molecule has 0 aliphatic heterocycles. The number of halogens is 1. The topological polar surface area (TPSA) is 106 Å². The maximum Gasteiger partial charge on any atom is 0.511 e. The normalized spacial score (nSPS) is 10.3. The van der Waals surface area contributed by atoms with E-state index in [1.807, 2.05) is 0 Å². The molecular weight excluding hydrogens is 290 g/mol. The number of nitrogens with zero attached hydrogens (tertiary/aromatic N) is 1. The van der Waals surface area contributed by atoms with E-state index in [-0.39, 0.29) is 22.0 Å². The molecule has 1 heterocycles. The number of carbonyl (C=O) groups is 2. The largest absolute Gasteiger partial charge is 0.511 e. The molecule has 0 fully saturated rings. The van der Waals surface area contributed by atoms with E-state index in [1.165, 1.54) is 12.3 Å². The van der Waals surface area contributed by atoms with Crippen molar-refractivity contribution in [3.8, 4) is 11.5 Å². The van der Waals surface area contributed by atoms with Crippen LogP contribution in [0.15, 0.2) is 18.3 Å². The van der Waals surface area contributed by atoms with Gasteiger partial charge in [-0.2, -0.15) is 0 Å². The lowest BCUT2D eigenvalue weighted by Gasteiger charge is -2.10. The highest BCUT2D eigenvalue weighted by Crippen LogP contribution is 2.40. The van der Waals surface area contributed by atoms with Gasteiger partial charge in [-0.25, -0.2) is 9.59 Å². The quantitative estimate of drug-likeness (QED) is 0.647. The van der Waals surface area contributed by atoms with Gasteiger partial charge in [0.05, 0.1) is 0 Å². The Labute approximate surface area is 117 Å². The summed E-state index contributed by atoms with van der Waals surface area (Å²) in [5.41, 5.74) is 0.989. The average molecular weight is 298 g/mol. The zero-order chi connectivity index (χ0) is 14.9. The predicted molar refractivity (Wildman–Crippen MR) is 68.8 cm³/mol. The zero-order valence-electron chi connectivity index (χ0n) is 10.1. The number of ether oxygens (including phenoxy) is 2. The Morgan fingerprint density at radius 2 is 1.85 bits per heavy atom. The fourth-order valence-electron chi connectivity index (χ4n) is 1.66. The van der Waals surface area contributed by atoms with Crippen molar-refractivity contribution < 1.29 is 29.3 Å². The molecule has 0 aliphatic rings. The average Bonchev–Trinajstić information content (AvgIpc) is 2.33. The minimum atomic E-state index is -1.59. The summed E-state index contributed by atoms with van der Waals surface area (Å²) < 4.78 is 9.07. The molecule has 7 nitrogen and oxygen atoms in total. The summed E-state index contributed by atoms with van der Waals surface area (Å²) in [6, 6.07) is 3.02. The van der Waals surface area contributed by atoms with Crippen LogP contribution in [0.2, 0.25) is 5.02 Å². The van der Waals surface area contributed by atoms with Gasteiger partial charge in [0.25, 0.3) is 0 Å². The Morgan fingerprint density at radius 3 is 2.45 bits per heavy atom. The summed E-state index contributed by atoms with van der Waals surface area (Å²) >= 11 is 5.90. The fourth-order valence-corrected chi connectivity index (χ4v) is 1.88. The third-order valence-corrected chi connectivity index (χ3v) is 2.72. The SMILES string of the molecule is Cc1cnc2c(OC(=O)O)c(Cl)c(OC(=O)O)cc2c1. The summed E-state index contributed by atoms with van der Waals surface area (Å²) in [6.45, 7) is 1.77. The number of hydrogen-bond acceptors (Lipinski definition) is 5. The third kappa shape index (κ3) is 2.72. The number of rotatable bonds is 2. The smallest absolute Gasteiger partial charge is 0.449 e. The fraction of sp³-hybridized carbons (Fsp3) is 0.0833. The van der Waals surface area contributed by atoms with Crippen molar-refractivity contribution >= 4 is 34.8 Å². The van der Waals surface area contributed by atoms with Crippen molar-refractivity contribution in [2.75, 3.05) is 0 Å². The molecule has 2 aromatic rings. The van der Waals surface area contributed by atoms with Gasteiger partial charge in [-0.3, -0.25) is 4.98 Å². The number of carboxylic acid groups (broad SMARTS) is 2. The van der Waals surface area contributed by atoms with Crippen LogP contribution < -0.4 is 9.47 Å². The standard InChI is InChI=1S/C12H8ClNO6/c1-5-2-6-3-7(19-11(15)16)8(13)10(20-12(17)18)9(6)14-4-5/h2-4H,1H3,(H,15,16)(H,17,18). The van der Waals surface area contributed by atoms with E-state index in [2.05, 4.69) is 14.5 Å². The van der Waals surface area contributed by atoms with E-state index in [1.54, 1.807) is 13.0 Å². The summed E-state index contributed by atoms with van der Waals surface area (Å²) in [5, 5.41) is 17.5. The van der Waals surface area contributed by atoms with E-state index in [9.17, 15) is 9.59 Å². The van der Waals surface area contributed by atoms with Crippen LogP contribution in [-0.4, -0.2) is 27.5 Å². The first-order valence-electron chi connectivity index (χ1n) is 5.29. The Bertz CT molecular complexity index is 715. The van der Waals surface area contributed by atoms with Crippen LogP contribution in [0.5, 0.6) is 11.5 Å². The molecule has 8 heteroatoms. The lowest BCUT2D eigenvalue weighted by molar-refractivity contribution is 0.143. The molecule has 0 spiro atoms. The lowest BCUT2D eigenvalue weighted by atomic mass is 10.1. The van der Waals surface area contributed by atoms with Crippen molar-refractivity contribution in [3.63, 3.8) is 0 Å². The minimum absolute atomic E-state index is 0.195. The van der Waals surface area contributed by atoms with Crippen LogP contribution in [0.1, 0.15) is 5.56 Å². The van der Waals surface area contributed by atoms with Gasteiger partial charge < -0.3 is 19.7 Å². The first-order valence-corrected chi connectivity index (χ1v) is 5.66. The highest BCUT2D eigenvalue weighted by Gasteiger charge is 2.19. The molecule has 0 radical (unpaired) electrons. The molecule has 0 amide bonds. The Balaban J connectivity index is 2.73. The third-order valence-electron chi connectivity index (χ3n) is 2.36. The second kappa shape index (κ2) is 5.22. The summed E-state index contributed by atoms with van der Waals surface area (Å²) in [7, 11) is 0. The zero-order valence-corrected chi connectivity index (χ0v) is 10.8. The highest BCUT2D eigenvalue weighted by atomic mass is 35.5. The highest BCUT2D eigenvalue weighted by molar-refractivity contribution is 6.35. The Morgan fingerprint density at radius 1 is 1.20 bits per heavy atom. The molecule has 0 unspecified atom stereocenters. The number of aromatic nitrogens is 1. The summed E-state index contributed by atoms with van der Waals surface area (Å²) in [4.78, 5) is 25.3. The van der Waals surface area contributed by atoms with E-state index in [0.717, 1.165) is 5.56 Å². The van der Waals surface area contributed by atoms with Crippen LogP contribution in [0.25, 0.3) is 10.9 Å². The molecule has 2 N–H and O–H groups in total. The predicted octanol–water partition coefficient (Wildman–Crippen LogP) is 3.31. The minimum Gasteiger partial charge on any atom is -0.449 e. The van der Waals surface area contributed by atoms with Gasteiger partial charge in [0.2, 0.25) is 0 Å². The van der Waals surface area contributed by atoms with Gasteiger partial charge in [0.1, 0.15) is 10.5 Å². The van der Waals surface area contributed by atoms with Crippen LogP contribution in [0, 0.1) is 6.92 Å². The molecule has 0 aliphatic carbocycles. The summed E-state index contributed by atoms with van der Waals surface area (Å²) in [5.74, 6) is -0.497. The lowest BCUT2D eigenvalue weighted by Crippen LogP contribution is -2.07. The van der Waals surface area contributed by atoms with Gasteiger partial charge in [-0.15, -0.1) is 0 Å². The molecule has 0 saturated heterocycles. The van der Waals surface area contributed by atoms with Gasteiger partial charge in [0.15, 0.2) is 11.5 Å². The van der Waals surface area contributed by atoms with E-state index >= 15 is 0 Å². The molecule has 2 rings (SSSR count). The first kappa shape index (κ1) is 13.9. The molecule has 0 atom stereocenters. The second-order valence-corrected chi connectivity index (χ2v) is 4.22. The molecule has 1 aromatic carbocycles. The number of benzene rings is 1. The van der Waals surface area contributed by atoms with Crippen molar-refractivity contribution in [2.45, 2.75) is 6.92 Å². The Hall–Kier alpha value is -2.54. The number of fused-ring (bicyclic) bond motifs is 1. The second-order valence-electron chi connectivity index (χ2n) is 3.84. The van der Waals surface area contributed by atoms with Crippen LogP contribution in [0.3, 0.4) is 0 Å². The molecule has 104 valence electrons. The maximum absolute atomic E-state index is 10.7. The molecular formula is C12H8ClNO6. The summed E-state index contributed by atoms with van der Waals surface area (Å²) in [6.07, 6.45) is -1.67. The molecule has 20 heavy (non-hydrogen) atoms. The van der Waals surface area contributed by atoms with Gasteiger partial charge in [-0.1, -0.05) is 11.6 Å². The van der Waals surface area contributed by atoms with Crippen molar-refractivity contribution in [1.82, 2.24) is 4.98 Å². The van der Waals surface area contributed by atoms with E-state index < -0.39 is 12.3 Å². The molecule has 0 saturated carbocycles. The monoisotopic (exact) mass is 297 g/mol. The number of aryl methyl sites for hydroxylation is 1. The van der Waals surface area contributed by atoms with Gasteiger partial charge in [-0.05, 0) is 24.6 Å². The van der Waals surface area contributed by atoms with Gasteiger partial charge in [0, 0.05) is 11.6 Å². The first-order chi connectivity index (χ1) is 9.38. The van der Waals surface area contributed by atoms with Crippen LogP contribution >= 0.6 is 11.6 Å². The van der Waals surface area contributed by atoms with E-state index in [4.69, 9.17) is 21.8 Å². The van der Waals surface area contributed by atoms with Gasteiger partial charge >= 0.3 is 12.3 Å².